The van der Waals surface area contributed by atoms with Gasteiger partial charge in [-0.05, 0) is 36.6 Å². The number of aryl methyl sites for hydroxylation is 2. The highest BCUT2D eigenvalue weighted by Crippen LogP contribution is 2.17. The number of carbonyl (C=O) groups is 1. The Bertz CT molecular complexity index is 875. The number of hydrogen-bond acceptors (Lipinski definition) is 4. The van der Waals surface area contributed by atoms with Crippen LogP contribution in [0, 0.1) is 13.8 Å². The van der Waals surface area contributed by atoms with Gasteiger partial charge in [-0.25, -0.2) is 9.97 Å². The fraction of sp³-hybridized carbons (Fsp3) is 0.150. The highest BCUT2D eigenvalue weighted by molar-refractivity contribution is 5.92. The molecule has 0 bridgehead atoms. The van der Waals surface area contributed by atoms with Gasteiger partial charge >= 0.3 is 0 Å². The van der Waals surface area contributed by atoms with Crippen molar-refractivity contribution in [2.45, 2.75) is 20.4 Å². The summed E-state index contributed by atoms with van der Waals surface area (Å²) in [6.45, 7) is 4.51. The first-order chi connectivity index (χ1) is 12.1. The molecule has 0 aliphatic rings. The minimum absolute atomic E-state index is 0.238. The molecule has 3 rings (SSSR count). The Morgan fingerprint density at radius 2 is 1.64 bits per heavy atom. The lowest BCUT2D eigenvalue weighted by Crippen LogP contribution is -2.24. The van der Waals surface area contributed by atoms with Gasteiger partial charge in [0.15, 0.2) is 0 Å². The van der Waals surface area contributed by atoms with Crippen molar-refractivity contribution < 1.29 is 4.79 Å². The molecule has 0 aliphatic heterocycles. The van der Waals surface area contributed by atoms with E-state index < -0.39 is 0 Å². The van der Waals surface area contributed by atoms with Crippen LogP contribution >= 0.6 is 0 Å². The van der Waals surface area contributed by atoms with Gasteiger partial charge in [-0.1, -0.05) is 42.5 Å². The molecule has 0 atom stereocenters. The Hall–Kier alpha value is -3.21. The largest absolute Gasteiger partial charge is 0.347 e. The predicted octanol–water partition coefficient (Wildman–Crippen LogP) is 3.77. The smallest absolute Gasteiger partial charge is 0.271 e. The molecule has 0 unspecified atom stereocenters. The second-order valence-electron chi connectivity index (χ2n) is 5.84. The van der Waals surface area contributed by atoms with E-state index in [0.717, 1.165) is 22.4 Å². The molecular formula is C20H20N4O. The number of para-hydroxylation sites is 1. The maximum atomic E-state index is 12.2. The zero-order valence-electron chi connectivity index (χ0n) is 14.3. The number of nitrogens with one attached hydrogen (secondary N) is 2. The van der Waals surface area contributed by atoms with Crippen LogP contribution in [0.15, 0.2) is 60.9 Å². The van der Waals surface area contributed by atoms with Gasteiger partial charge in [0, 0.05) is 12.2 Å². The van der Waals surface area contributed by atoms with Gasteiger partial charge in [0.2, 0.25) is 0 Å². The van der Waals surface area contributed by atoms with Crippen molar-refractivity contribution in [3.8, 4) is 0 Å². The quantitative estimate of drug-likeness (QED) is 0.746. The van der Waals surface area contributed by atoms with Crippen molar-refractivity contribution in [1.29, 1.82) is 0 Å². The van der Waals surface area contributed by atoms with Gasteiger partial charge in [0.25, 0.3) is 5.91 Å². The van der Waals surface area contributed by atoms with Crippen LogP contribution in [-0.2, 0) is 6.54 Å². The van der Waals surface area contributed by atoms with E-state index in [4.69, 9.17) is 0 Å². The summed E-state index contributed by atoms with van der Waals surface area (Å²) >= 11 is 0. The Balaban J connectivity index is 1.63. The van der Waals surface area contributed by atoms with E-state index in [1.807, 2.05) is 62.4 Å². The molecule has 1 aromatic heterocycles. The van der Waals surface area contributed by atoms with Crippen LogP contribution < -0.4 is 10.6 Å². The van der Waals surface area contributed by atoms with E-state index in [2.05, 4.69) is 20.6 Å². The molecule has 3 aromatic rings. The van der Waals surface area contributed by atoms with Crippen LogP contribution in [0.25, 0.3) is 0 Å². The molecule has 25 heavy (non-hydrogen) atoms. The van der Waals surface area contributed by atoms with Gasteiger partial charge < -0.3 is 10.6 Å². The van der Waals surface area contributed by atoms with Gasteiger partial charge in [0.1, 0.15) is 11.5 Å². The lowest BCUT2D eigenvalue weighted by molar-refractivity contribution is 0.0945. The summed E-state index contributed by atoms with van der Waals surface area (Å²) in [6, 6.07) is 15.9. The van der Waals surface area contributed by atoms with Crippen molar-refractivity contribution >= 4 is 17.4 Å². The first-order valence-corrected chi connectivity index (χ1v) is 8.11. The van der Waals surface area contributed by atoms with Gasteiger partial charge in [-0.3, -0.25) is 4.79 Å². The first-order valence-electron chi connectivity index (χ1n) is 8.11. The highest BCUT2D eigenvalue weighted by Gasteiger charge is 2.09. The average molecular weight is 332 g/mol. The van der Waals surface area contributed by atoms with E-state index in [1.54, 1.807) is 6.20 Å². The van der Waals surface area contributed by atoms with E-state index in [1.165, 1.54) is 6.20 Å². The van der Waals surface area contributed by atoms with Crippen LogP contribution in [0.4, 0.5) is 11.5 Å². The van der Waals surface area contributed by atoms with Crippen LogP contribution in [0.5, 0.6) is 0 Å². The number of benzene rings is 2. The molecule has 2 aromatic carbocycles. The fourth-order valence-electron chi connectivity index (χ4n) is 2.44. The lowest BCUT2D eigenvalue weighted by atomic mass is 10.1. The molecule has 5 heteroatoms. The van der Waals surface area contributed by atoms with Crippen molar-refractivity contribution in [1.82, 2.24) is 15.3 Å². The number of carbonyl (C=O) groups excluding carboxylic acids is 1. The second-order valence-corrected chi connectivity index (χ2v) is 5.84. The fourth-order valence-corrected chi connectivity index (χ4v) is 2.44. The highest BCUT2D eigenvalue weighted by atomic mass is 16.1. The molecule has 0 aliphatic carbocycles. The third-order valence-corrected chi connectivity index (χ3v) is 3.99. The first kappa shape index (κ1) is 16.6. The summed E-state index contributed by atoms with van der Waals surface area (Å²) in [5.74, 6) is 0.364. The molecule has 2 N–H and O–H groups in total. The van der Waals surface area contributed by atoms with Crippen molar-refractivity contribution in [2.24, 2.45) is 0 Å². The summed E-state index contributed by atoms with van der Waals surface area (Å²) in [5.41, 5.74) is 4.61. The van der Waals surface area contributed by atoms with Crippen molar-refractivity contribution in [2.75, 3.05) is 5.32 Å². The monoisotopic (exact) mass is 332 g/mol. The topological polar surface area (TPSA) is 66.9 Å². The van der Waals surface area contributed by atoms with E-state index in [0.29, 0.717) is 18.1 Å². The number of nitrogens with zero attached hydrogens (tertiary/aromatic N) is 2. The molecule has 1 heterocycles. The molecule has 1 amide bonds. The molecule has 126 valence electrons. The Morgan fingerprint density at radius 1 is 0.920 bits per heavy atom. The van der Waals surface area contributed by atoms with Gasteiger partial charge in [-0.15, -0.1) is 0 Å². The normalized spacial score (nSPS) is 10.3. The molecule has 0 fully saturated rings. The Labute approximate surface area is 147 Å². The van der Waals surface area contributed by atoms with E-state index in [9.17, 15) is 4.79 Å². The summed E-state index contributed by atoms with van der Waals surface area (Å²) in [7, 11) is 0. The predicted molar refractivity (Wildman–Crippen MR) is 98.8 cm³/mol. The summed E-state index contributed by atoms with van der Waals surface area (Å²) in [4.78, 5) is 20.7. The van der Waals surface area contributed by atoms with Crippen LogP contribution in [0.3, 0.4) is 0 Å². The average Bonchev–Trinajstić information content (AvgIpc) is 2.63. The summed E-state index contributed by atoms with van der Waals surface area (Å²) in [6.07, 6.45) is 3.04. The number of aromatic nitrogens is 2. The summed E-state index contributed by atoms with van der Waals surface area (Å²) < 4.78 is 0. The van der Waals surface area contributed by atoms with Crippen molar-refractivity contribution in [3.63, 3.8) is 0 Å². The Kier molecular flexibility index (Phi) is 5.04. The minimum Gasteiger partial charge on any atom is -0.347 e. The molecular weight excluding hydrogens is 312 g/mol. The molecule has 0 spiro atoms. The second kappa shape index (κ2) is 7.57. The SMILES string of the molecule is Cc1ccccc1CNC(=O)c1cnc(Nc2ccccc2C)cn1. The van der Waals surface area contributed by atoms with Crippen molar-refractivity contribution in [3.05, 3.63) is 83.3 Å². The third-order valence-electron chi connectivity index (χ3n) is 3.99. The molecule has 0 radical (unpaired) electrons. The van der Waals surface area contributed by atoms with Crippen LogP contribution in [-0.4, -0.2) is 15.9 Å². The third kappa shape index (κ3) is 4.20. The van der Waals surface area contributed by atoms with Gasteiger partial charge in [-0.2, -0.15) is 0 Å². The minimum atomic E-state index is -0.238. The standard InChI is InChI=1S/C20H20N4O/c1-14-7-3-5-9-16(14)11-23-20(25)18-12-22-19(13-21-18)24-17-10-6-4-8-15(17)2/h3-10,12-13H,11H2,1-2H3,(H,22,24)(H,23,25). The Morgan fingerprint density at radius 3 is 2.32 bits per heavy atom. The van der Waals surface area contributed by atoms with Crippen LogP contribution in [0.1, 0.15) is 27.2 Å². The molecule has 5 nitrogen and oxygen atoms in total. The molecule has 0 saturated carbocycles. The van der Waals surface area contributed by atoms with E-state index in [-0.39, 0.29) is 5.91 Å². The molecule has 0 saturated heterocycles. The maximum absolute atomic E-state index is 12.2. The summed E-state index contributed by atoms with van der Waals surface area (Å²) in [5, 5.41) is 6.07. The number of hydrogen-bond donors (Lipinski definition) is 2. The number of anilines is 2. The lowest BCUT2D eigenvalue weighted by Gasteiger charge is -2.09. The maximum Gasteiger partial charge on any atom is 0.271 e. The van der Waals surface area contributed by atoms with Gasteiger partial charge in [0.05, 0.1) is 12.4 Å². The van der Waals surface area contributed by atoms with Crippen LogP contribution in [0.2, 0.25) is 0 Å². The zero-order chi connectivity index (χ0) is 17.6. The number of amides is 1. The number of rotatable bonds is 5. The zero-order valence-corrected chi connectivity index (χ0v) is 14.3. The van der Waals surface area contributed by atoms with E-state index >= 15 is 0 Å².